The molecule has 144 valence electrons. The molecule has 2 aromatic rings. The highest BCUT2D eigenvalue weighted by Gasteiger charge is 2.55. The summed E-state index contributed by atoms with van der Waals surface area (Å²) >= 11 is 0. The van der Waals surface area contributed by atoms with E-state index < -0.39 is 0 Å². The van der Waals surface area contributed by atoms with E-state index in [9.17, 15) is 9.90 Å². The smallest absolute Gasteiger partial charge is 0.235 e. The highest BCUT2D eigenvalue weighted by atomic mass is 16.5. The third-order valence-electron chi connectivity index (χ3n) is 6.53. The number of carbonyl (C=O) groups is 1. The number of benzene rings is 1. The normalized spacial score (nSPS) is 26.7. The molecule has 3 atom stereocenters. The zero-order chi connectivity index (χ0) is 19.0. The number of nitrogens with zero attached hydrogens (tertiary/aromatic N) is 3. The molecule has 6 heteroatoms. The Labute approximate surface area is 159 Å². The summed E-state index contributed by atoms with van der Waals surface area (Å²) in [7, 11) is 1.58. The number of para-hydroxylation sites is 2. The lowest BCUT2D eigenvalue weighted by atomic mass is 9.72. The van der Waals surface area contributed by atoms with E-state index in [1.54, 1.807) is 7.11 Å². The van der Waals surface area contributed by atoms with Crippen LogP contribution in [0.4, 0.5) is 0 Å². The summed E-state index contributed by atoms with van der Waals surface area (Å²) in [6.07, 6.45) is 4.80. The van der Waals surface area contributed by atoms with Crippen molar-refractivity contribution in [2.45, 2.75) is 57.5 Å². The Hall–Kier alpha value is -2.21. The molecule has 27 heavy (non-hydrogen) atoms. The van der Waals surface area contributed by atoms with Gasteiger partial charge in [0.15, 0.2) is 0 Å². The summed E-state index contributed by atoms with van der Waals surface area (Å²) in [6, 6.07) is 8.13. The summed E-state index contributed by atoms with van der Waals surface area (Å²) in [5.41, 5.74) is 2.21. The van der Waals surface area contributed by atoms with Crippen molar-refractivity contribution in [2.24, 2.45) is 5.41 Å². The van der Waals surface area contributed by atoms with Crippen LogP contribution >= 0.6 is 0 Å². The largest absolute Gasteiger partial charge is 0.480 e. The van der Waals surface area contributed by atoms with Crippen LogP contribution in [-0.2, 0) is 11.2 Å². The van der Waals surface area contributed by atoms with Crippen molar-refractivity contribution in [3.63, 3.8) is 0 Å². The fourth-order valence-electron chi connectivity index (χ4n) is 5.03. The average Bonchev–Trinajstić information content (AvgIpc) is 3.27. The topological polar surface area (TPSA) is 75.5 Å². The van der Waals surface area contributed by atoms with Crippen LogP contribution in [0.15, 0.2) is 24.3 Å². The van der Waals surface area contributed by atoms with Crippen molar-refractivity contribution >= 4 is 16.9 Å². The van der Waals surface area contributed by atoms with Gasteiger partial charge in [-0.2, -0.15) is 0 Å². The van der Waals surface area contributed by atoms with Gasteiger partial charge in [0.1, 0.15) is 5.69 Å². The van der Waals surface area contributed by atoms with E-state index in [-0.39, 0.29) is 30.0 Å². The maximum absolute atomic E-state index is 13.0. The number of aromatic nitrogens is 2. The molecule has 2 fully saturated rings. The minimum absolute atomic E-state index is 0.112. The van der Waals surface area contributed by atoms with Gasteiger partial charge >= 0.3 is 0 Å². The highest BCUT2D eigenvalue weighted by Crippen LogP contribution is 2.51. The number of aliphatic hydroxyl groups excluding tert-OH is 1. The zero-order valence-electron chi connectivity index (χ0n) is 16.0. The first kappa shape index (κ1) is 18.2. The molecule has 0 unspecified atom stereocenters. The number of fused-ring (bicyclic) bond motifs is 3. The van der Waals surface area contributed by atoms with Crippen LogP contribution in [0.3, 0.4) is 0 Å². The second-order valence-corrected chi connectivity index (χ2v) is 7.79. The van der Waals surface area contributed by atoms with Crippen molar-refractivity contribution in [3.8, 4) is 5.88 Å². The van der Waals surface area contributed by atoms with E-state index in [4.69, 9.17) is 4.74 Å². The van der Waals surface area contributed by atoms with Crippen LogP contribution in [-0.4, -0.2) is 51.7 Å². The summed E-state index contributed by atoms with van der Waals surface area (Å²) in [4.78, 5) is 24.3. The van der Waals surface area contributed by atoms with E-state index in [1.165, 1.54) is 0 Å². The van der Waals surface area contributed by atoms with E-state index >= 15 is 0 Å². The Morgan fingerprint density at radius 2 is 2.04 bits per heavy atom. The van der Waals surface area contributed by atoms with E-state index in [0.29, 0.717) is 18.7 Å². The summed E-state index contributed by atoms with van der Waals surface area (Å²) in [5, 5.41) is 9.94. The van der Waals surface area contributed by atoms with Gasteiger partial charge in [0.05, 0.1) is 24.8 Å². The SMILES string of the molecule is CC[C@@]1(CO)C[C@@H]2CC[C@H]1N2C(=O)CCc1nc2ccccc2nc1OC. The molecule has 2 aliphatic rings. The Balaban J connectivity index is 1.51. The molecule has 2 aliphatic heterocycles. The monoisotopic (exact) mass is 369 g/mol. The van der Waals surface area contributed by atoms with Gasteiger partial charge in [-0.1, -0.05) is 19.1 Å². The molecular weight excluding hydrogens is 342 g/mol. The first-order valence-electron chi connectivity index (χ1n) is 9.83. The number of hydrogen-bond donors (Lipinski definition) is 1. The van der Waals surface area contributed by atoms with Crippen LogP contribution in [0.1, 0.15) is 44.7 Å². The quantitative estimate of drug-likeness (QED) is 0.847. The molecule has 0 saturated carbocycles. The maximum atomic E-state index is 13.0. The molecule has 3 heterocycles. The highest BCUT2D eigenvalue weighted by molar-refractivity contribution is 5.79. The maximum Gasteiger partial charge on any atom is 0.235 e. The summed E-state index contributed by atoms with van der Waals surface area (Å²) in [5.74, 6) is 0.646. The number of aliphatic hydroxyl groups is 1. The first-order chi connectivity index (χ1) is 13.1. The van der Waals surface area contributed by atoms with Crippen molar-refractivity contribution < 1.29 is 14.6 Å². The van der Waals surface area contributed by atoms with Crippen LogP contribution < -0.4 is 4.74 Å². The molecule has 6 nitrogen and oxygen atoms in total. The van der Waals surface area contributed by atoms with Crippen molar-refractivity contribution in [3.05, 3.63) is 30.0 Å². The number of aryl methyl sites for hydroxylation is 1. The molecule has 1 aromatic carbocycles. The van der Waals surface area contributed by atoms with Crippen molar-refractivity contribution in [2.75, 3.05) is 13.7 Å². The lowest BCUT2D eigenvalue weighted by Gasteiger charge is -2.34. The molecule has 0 spiro atoms. The first-order valence-corrected chi connectivity index (χ1v) is 9.83. The van der Waals surface area contributed by atoms with Gasteiger partial charge in [-0.15, -0.1) is 0 Å². The molecule has 4 rings (SSSR count). The van der Waals surface area contributed by atoms with Crippen molar-refractivity contribution in [1.82, 2.24) is 14.9 Å². The minimum atomic E-state index is -0.112. The molecule has 0 aliphatic carbocycles. The Kier molecular flexibility index (Phi) is 4.76. The van der Waals surface area contributed by atoms with Crippen LogP contribution in [0.25, 0.3) is 11.0 Å². The van der Waals surface area contributed by atoms with E-state index in [0.717, 1.165) is 42.4 Å². The van der Waals surface area contributed by atoms with Crippen LogP contribution in [0.2, 0.25) is 0 Å². The number of hydrogen-bond acceptors (Lipinski definition) is 5. The van der Waals surface area contributed by atoms with Crippen molar-refractivity contribution in [1.29, 1.82) is 0 Å². The number of ether oxygens (including phenoxy) is 1. The number of amides is 1. The van der Waals surface area contributed by atoms with Gasteiger partial charge in [0, 0.05) is 30.3 Å². The predicted octanol–water partition coefficient (Wildman–Crippen LogP) is 2.72. The molecule has 0 radical (unpaired) electrons. The number of methoxy groups -OCH3 is 1. The van der Waals surface area contributed by atoms with Gasteiger partial charge in [0.25, 0.3) is 0 Å². The lowest BCUT2D eigenvalue weighted by Crippen LogP contribution is -2.42. The zero-order valence-corrected chi connectivity index (χ0v) is 16.0. The van der Waals surface area contributed by atoms with Gasteiger partial charge in [0.2, 0.25) is 11.8 Å². The summed E-state index contributed by atoms with van der Waals surface area (Å²) in [6.45, 7) is 2.29. The molecule has 2 bridgehead atoms. The Morgan fingerprint density at radius 3 is 2.67 bits per heavy atom. The average molecular weight is 369 g/mol. The van der Waals surface area contributed by atoms with Gasteiger partial charge in [-0.3, -0.25) is 4.79 Å². The molecule has 1 amide bonds. The second kappa shape index (κ2) is 7.08. The van der Waals surface area contributed by atoms with Crippen LogP contribution in [0.5, 0.6) is 5.88 Å². The fraction of sp³-hybridized carbons (Fsp3) is 0.571. The standard InChI is InChI=1S/C21H27N3O3/c1-3-21(13-25)12-14-8-10-18(21)24(14)19(26)11-9-17-20(27-2)23-16-7-5-4-6-15(16)22-17/h4-7,14,18,25H,3,8-13H2,1-2H3/t14-,18+,21-/m0/s1. The van der Waals surface area contributed by atoms with Gasteiger partial charge < -0.3 is 14.7 Å². The minimum Gasteiger partial charge on any atom is -0.480 e. The molecule has 1 aromatic heterocycles. The third-order valence-corrected chi connectivity index (χ3v) is 6.53. The van der Waals surface area contributed by atoms with Gasteiger partial charge in [-0.05, 0) is 37.8 Å². The molecule has 1 N–H and O–H groups in total. The summed E-state index contributed by atoms with van der Waals surface area (Å²) < 4.78 is 5.40. The Bertz CT molecular complexity index is 850. The number of carbonyl (C=O) groups excluding carboxylic acids is 1. The predicted molar refractivity (Wildman–Crippen MR) is 102 cm³/mol. The Morgan fingerprint density at radius 1 is 1.30 bits per heavy atom. The van der Waals surface area contributed by atoms with Crippen LogP contribution in [0, 0.1) is 5.41 Å². The number of rotatable bonds is 6. The molecule has 2 saturated heterocycles. The van der Waals surface area contributed by atoms with E-state index in [1.807, 2.05) is 24.3 Å². The third kappa shape index (κ3) is 2.96. The lowest BCUT2D eigenvalue weighted by molar-refractivity contribution is -0.133. The molecular formula is C21H27N3O3. The second-order valence-electron chi connectivity index (χ2n) is 7.79. The fourth-order valence-corrected chi connectivity index (χ4v) is 5.03. The van der Waals surface area contributed by atoms with Gasteiger partial charge in [-0.25, -0.2) is 9.97 Å². The van der Waals surface area contributed by atoms with E-state index in [2.05, 4.69) is 21.8 Å².